The molecule has 0 atom stereocenters. The summed E-state index contributed by atoms with van der Waals surface area (Å²) in [5.41, 5.74) is 0.959. The van der Waals surface area contributed by atoms with Gasteiger partial charge in [-0.3, -0.25) is 0 Å². The van der Waals surface area contributed by atoms with Crippen LogP contribution in [0.1, 0.15) is 5.56 Å². The Morgan fingerprint density at radius 3 is 2.50 bits per heavy atom. The average molecular weight is 309 g/mol. The number of benzene rings is 2. The van der Waals surface area contributed by atoms with Gasteiger partial charge in [0.2, 0.25) is 0 Å². The second kappa shape index (κ2) is 5.15. The third kappa shape index (κ3) is 2.49. The molecule has 0 fully saturated rings. The zero-order chi connectivity index (χ0) is 13.1. The van der Waals surface area contributed by atoms with Gasteiger partial charge in [0.1, 0.15) is 17.7 Å². The summed E-state index contributed by atoms with van der Waals surface area (Å²) in [5, 5.41) is 11.7. The molecule has 0 unspecified atom stereocenters. The minimum absolute atomic E-state index is 0.103. The number of nitrogens with zero attached hydrogens (tertiary/aromatic N) is 1. The first-order valence-corrected chi connectivity index (χ1v) is 5.82. The van der Waals surface area contributed by atoms with Crippen LogP contribution in [0.2, 0.25) is 0 Å². The van der Waals surface area contributed by atoms with Crippen molar-refractivity contribution >= 4 is 27.3 Å². The zero-order valence-electron chi connectivity index (χ0n) is 9.05. The Labute approximate surface area is 111 Å². The van der Waals surface area contributed by atoms with Crippen LogP contribution in [-0.4, -0.2) is 0 Å². The van der Waals surface area contributed by atoms with Gasteiger partial charge in [-0.05, 0) is 34.1 Å². The fourth-order valence-corrected chi connectivity index (χ4v) is 1.80. The molecule has 0 aliphatic rings. The number of nitrogens with one attached hydrogen (secondary N) is 1. The van der Waals surface area contributed by atoms with Gasteiger partial charge in [0.15, 0.2) is 0 Å². The van der Waals surface area contributed by atoms with Crippen molar-refractivity contribution in [1.29, 1.82) is 5.26 Å². The smallest absolute Gasteiger partial charge is 0.149 e. The number of hydrogen-bond acceptors (Lipinski definition) is 2. The predicted octanol–water partition coefficient (Wildman–Crippen LogP) is 4.34. The lowest BCUT2D eigenvalue weighted by atomic mass is 10.2. The fourth-order valence-electron chi connectivity index (χ4n) is 1.45. The molecule has 0 bridgehead atoms. The van der Waals surface area contributed by atoms with Crippen molar-refractivity contribution in [3.05, 3.63) is 58.1 Å². The lowest BCUT2D eigenvalue weighted by molar-refractivity contribution is 0.581. The highest BCUT2D eigenvalue weighted by molar-refractivity contribution is 9.10. The number of hydrogen-bond donors (Lipinski definition) is 1. The second-order valence-electron chi connectivity index (χ2n) is 3.53. The van der Waals surface area contributed by atoms with Crippen LogP contribution < -0.4 is 5.32 Å². The summed E-state index contributed by atoms with van der Waals surface area (Å²) >= 11 is 2.98. The van der Waals surface area contributed by atoms with Crippen LogP contribution in [0.5, 0.6) is 0 Å². The van der Waals surface area contributed by atoms with Gasteiger partial charge >= 0.3 is 0 Å². The van der Waals surface area contributed by atoms with E-state index < -0.39 is 11.6 Å². The third-order valence-corrected chi connectivity index (χ3v) is 2.93. The summed E-state index contributed by atoms with van der Waals surface area (Å²) in [4.78, 5) is 0. The highest BCUT2D eigenvalue weighted by Crippen LogP contribution is 2.27. The molecule has 1 N–H and O–H groups in total. The Morgan fingerprint density at radius 2 is 1.78 bits per heavy atom. The lowest BCUT2D eigenvalue weighted by Gasteiger charge is -2.09. The van der Waals surface area contributed by atoms with Gasteiger partial charge in [-0.25, -0.2) is 8.78 Å². The molecule has 0 radical (unpaired) electrons. The third-order valence-electron chi connectivity index (χ3n) is 2.33. The molecule has 18 heavy (non-hydrogen) atoms. The van der Waals surface area contributed by atoms with E-state index in [0.29, 0.717) is 11.3 Å². The molecule has 0 aliphatic heterocycles. The second-order valence-corrected chi connectivity index (χ2v) is 4.38. The maximum atomic E-state index is 13.5. The van der Waals surface area contributed by atoms with E-state index in [0.717, 1.165) is 6.07 Å². The highest BCUT2D eigenvalue weighted by atomic mass is 79.9. The van der Waals surface area contributed by atoms with E-state index in [1.54, 1.807) is 24.3 Å². The van der Waals surface area contributed by atoms with Crippen molar-refractivity contribution in [1.82, 2.24) is 0 Å². The van der Waals surface area contributed by atoms with E-state index in [1.807, 2.05) is 6.07 Å². The van der Waals surface area contributed by atoms with Crippen LogP contribution in [0.15, 0.2) is 40.9 Å². The average Bonchev–Trinajstić information content (AvgIpc) is 2.36. The Bertz CT molecular complexity index is 635. The molecule has 0 aromatic heterocycles. The van der Waals surface area contributed by atoms with Gasteiger partial charge in [0, 0.05) is 6.07 Å². The number of nitriles is 1. The van der Waals surface area contributed by atoms with Gasteiger partial charge in [0.05, 0.1) is 21.4 Å². The minimum atomic E-state index is -0.719. The largest absolute Gasteiger partial charge is 0.352 e. The molecule has 5 heteroatoms. The molecule has 0 heterocycles. The molecule has 2 aromatic rings. The highest BCUT2D eigenvalue weighted by Gasteiger charge is 2.09. The quantitative estimate of drug-likeness (QED) is 0.838. The van der Waals surface area contributed by atoms with E-state index in [2.05, 4.69) is 21.2 Å². The zero-order valence-corrected chi connectivity index (χ0v) is 10.6. The van der Waals surface area contributed by atoms with E-state index in [1.165, 1.54) is 6.07 Å². The van der Waals surface area contributed by atoms with Gasteiger partial charge in [-0.15, -0.1) is 0 Å². The van der Waals surface area contributed by atoms with Gasteiger partial charge in [0.25, 0.3) is 0 Å². The van der Waals surface area contributed by atoms with Crippen molar-refractivity contribution in [3.8, 4) is 6.07 Å². The maximum absolute atomic E-state index is 13.5. The molecule has 0 spiro atoms. The topological polar surface area (TPSA) is 35.8 Å². The summed E-state index contributed by atoms with van der Waals surface area (Å²) in [6, 6.07) is 10.7. The van der Waals surface area contributed by atoms with E-state index in [-0.39, 0.29) is 10.2 Å². The summed E-state index contributed by atoms with van der Waals surface area (Å²) in [7, 11) is 0. The predicted molar refractivity (Wildman–Crippen MR) is 68.5 cm³/mol. The monoisotopic (exact) mass is 308 g/mol. The molecule has 90 valence electrons. The number of anilines is 2. The van der Waals surface area contributed by atoms with Crippen LogP contribution >= 0.6 is 15.9 Å². The molecule has 2 aromatic carbocycles. The lowest BCUT2D eigenvalue weighted by Crippen LogP contribution is -1.97. The van der Waals surface area contributed by atoms with Crippen LogP contribution in [0.25, 0.3) is 0 Å². The normalized spacial score (nSPS) is 9.89. The van der Waals surface area contributed by atoms with Gasteiger partial charge in [-0.2, -0.15) is 5.26 Å². The Morgan fingerprint density at radius 1 is 1.06 bits per heavy atom. The standard InChI is InChI=1S/C13H7BrF2N2/c14-9-5-13(11(16)6-10(9)15)18-12-4-2-1-3-8(12)7-17/h1-6,18H. The van der Waals surface area contributed by atoms with Crippen LogP contribution in [0.4, 0.5) is 20.2 Å². The first-order valence-electron chi connectivity index (χ1n) is 5.02. The molecule has 0 saturated heterocycles. The summed E-state index contributed by atoms with van der Waals surface area (Å²) < 4.78 is 26.8. The van der Waals surface area contributed by atoms with E-state index in [4.69, 9.17) is 5.26 Å². The van der Waals surface area contributed by atoms with Crippen molar-refractivity contribution in [3.63, 3.8) is 0 Å². The van der Waals surface area contributed by atoms with Gasteiger partial charge < -0.3 is 5.32 Å². The fraction of sp³-hybridized carbons (Fsp3) is 0. The SMILES string of the molecule is N#Cc1ccccc1Nc1cc(Br)c(F)cc1F. The Kier molecular flexibility index (Phi) is 3.58. The van der Waals surface area contributed by atoms with Gasteiger partial charge in [-0.1, -0.05) is 12.1 Å². The number of para-hydroxylation sites is 1. The van der Waals surface area contributed by atoms with Crippen molar-refractivity contribution in [2.24, 2.45) is 0 Å². The molecular weight excluding hydrogens is 302 g/mol. The summed E-state index contributed by atoms with van der Waals surface area (Å²) in [5.74, 6) is -1.39. The molecule has 0 amide bonds. The van der Waals surface area contributed by atoms with Crippen molar-refractivity contribution in [2.75, 3.05) is 5.32 Å². The molecule has 2 rings (SSSR count). The van der Waals surface area contributed by atoms with Crippen LogP contribution in [-0.2, 0) is 0 Å². The summed E-state index contributed by atoms with van der Waals surface area (Å²) in [6.07, 6.45) is 0. The van der Waals surface area contributed by atoms with Crippen molar-refractivity contribution in [2.45, 2.75) is 0 Å². The Balaban J connectivity index is 2.41. The summed E-state index contributed by atoms with van der Waals surface area (Å²) in [6.45, 7) is 0. The minimum Gasteiger partial charge on any atom is -0.352 e. The van der Waals surface area contributed by atoms with Crippen molar-refractivity contribution < 1.29 is 8.78 Å². The number of rotatable bonds is 2. The molecule has 2 nitrogen and oxygen atoms in total. The molecule has 0 aliphatic carbocycles. The maximum Gasteiger partial charge on any atom is 0.149 e. The molecule has 0 saturated carbocycles. The van der Waals surface area contributed by atoms with Crippen LogP contribution in [0.3, 0.4) is 0 Å². The molecular formula is C13H7BrF2N2. The van der Waals surface area contributed by atoms with E-state index >= 15 is 0 Å². The van der Waals surface area contributed by atoms with E-state index in [9.17, 15) is 8.78 Å². The Hall–Kier alpha value is -1.93. The van der Waals surface area contributed by atoms with Crippen LogP contribution in [0, 0.1) is 23.0 Å². The number of halogens is 3. The first-order chi connectivity index (χ1) is 8.61. The first kappa shape index (κ1) is 12.5.